The second kappa shape index (κ2) is 14.8. The molecule has 1 fully saturated rings. The van der Waals surface area contributed by atoms with Crippen LogP contribution < -0.4 is 15.6 Å². The van der Waals surface area contributed by atoms with Crippen molar-refractivity contribution in [1.29, 1.82) is 0 Å². The number of nitrogens with zero attached hydrogens (tertiary/aromatic N) is 2. The molecular formula is C30H34N4O7. The van der Waals surface area contributed by atoms with Gasteiger partial charge in [-0.3, -0.25) is 24.4 Å². The van der Waals surface area contributed by atoms with Crippen molar-refractivity contribution in [2.75, 3.05) is 6.61 Å². The van der Waals surface area contributed by atoms with Crippen LogP contribution in [0, 0.1) is 0 Å². The third kappa shape index (κ3) is 8.74. The molecule has 0 spiro atoms. The zero-order valence-electron chi connectivity index (χ0n) is 22.7. The Morgan fingerprint density at radius 1 is 1.07 bits per heavy atom. The van der Waals surface area contributed by atoms with E-state index in [1.165, 1.54) is 36.0 Å². The minimum absolute atomic E-state index is 0.0302. The van der Waals surface area contributed by atoms with Gasteiger partial charge in [0.15, 0.2) is 6.61 Å². The van der Waals surface area contributed by atoms with E-state index in [1.54, 1.807) is 0 Å². The second-order valence-electron chi connectivity index (χ2n) is 9.89. The molecule has 1 aliphatic heterocycles. The van der Waals surface area contributed by atoms with E-state index in [-0.39, 0.29) is 30.6 Å². The third-order valence-electron chi connectivity index (χ3n) is 6.92. The smallest absolute Gasteiger partial charge is 0.306 e. The lowest BCUT2D eigenvalue weighted by Crippen LogP contribution is -2.45. The first-order valence-corrected chi connectivity index (χ1v) is 13.6. The first kappa shape index (κ1) is 29.5. The largest absolute Gasteiger partial charge is 0.484 e. The Balaban J connectivity index is 1.38. The maximum Gasteiger partial charge on any atom is 0.306 e. The molecule has 41 heavy (non-hydrogen) atoms. The Kier molecular flexibility index (Phi) is 10.6. The minimum Gasteiger partial charge on any atom is -0.484 e. The number of allylic oxidation sites excluding steroid dienone is 2. The van der Waals surface area contributed by atoms with Crippen LogP contribution in [0.4, 0.5) is 0 Å². The van der Waals surface area contributed by atoms with Crippen LogP contribution in [-0.2, 0) is 25.7 Å². The van der Waals surface area contributed by atoms with Crippen molar-refractivity contribution in [3.8, 4) is 5.75 Å². The van der Waals surface area contributed by atoms with Crippen molar-refractivity contribution in [3.05, 3.63) is 77.4 Å². The number of nitrogens with one attached hydrogen (secondary N) is 2. The van der Waals surface area contributed by atoms with Crippen molar-refractivity contribution in [2.45, 2.75) is 63.6 Å². The van der Waals surface area contributed by atoms with Gasteiger partial charge < -0.3 is 14.4 Å². The van der Waals surface area contributed by atoms with Gasteiger partial charge in [0.1, 0.15) is 11.9 Å². The first-order chi connectivity index (χ1) is 19.9. The monoisotopic (exact) mass is 562 g/mol. The highest BCUT2D eigenvalue weighted by Crippen LogP contribution is 2.30. The van der Waals surface area contributed by atoms with Crippen molar-refractivity contribution in [3.63, 3.8) is 0 Å². The Labute approximate surface area is 238 Å². The summed E-state index contributed by atoms with van der Waals surface area (Å²) < 4.78 is 11.0. The summed E-state index contributed by atoms with van der Waals surface area (Å²) in [6.45, 7) is 0.0209. The lowest BCUT2D eigenvalue weighted by atomic mass is 10.1. The molecule has 0 saturated heterocycles. The standard InChI is InChI=1S/C30H34N4O7/c35-27(33-39)20-40-24-15-13-23(14-16-24)30(38)32-31-18-21-7-5-8-22(17-21)19-34-25-9-6-10-26(25)41-29(37)12-4-2-1-3-11-28(34)36/h1-2,5,7-8,13-18,25-26,39H,3-4,6,9-12,19-20H2,(H,32,38)(H,33,35)/b2-1+,31-18+/t25-,26-/m0/s1. The molecule has 2 aliphatic rings. The van der Waals surface area contributed by atoms with Gasteiger partial charge in [-0.05, 0) is 73.6 Å². The molecule has 1 heterocycles. The zero-order valence-corrected chi connectivity index (χ0v) is 22.7. The normalized spacial score (nSPS) is 20.4. The minimum atomic E-state index is -0.694. The van der Waals surface area contributed by atoms with Crippen molar-refractivity contribution < 1.29 is 33.9 Å². The maximum atomic E-state index is 13.3. The summed E-state index contributed by atoms with van der Waals surface area (Å²) in [5.41, 5.74) is 5.93. The van der Waals surface area contributed by atoms with E-state index < -0.39 is 11.8 Å². The molecule has 0 unspecified atom stereocenters. The van der Waals surface area contributed by atoms with Gasteiger partial charge in [0.25, 0.3) is 11.8 Å². The first-order valence-electron chi connectivity index (χ1n) is 13.6. The van der Waals surface area contributed by atoms with Gasteiger partial charge in [0, 0.05) is 24.9 Å². The number of esters is 1. The Hall–Kier alpha value is -4.51. The molecule has 0 radical (unpaired) electrons. The van der Waals surface area contributed by atoms with Crippen LogP contribution >= 0.6 is 0 Å². The number of fused-ring (bicyclic) bond motifs is 1. The van der Waals surface area contributed by atoms with E-state index in [9.17, 15) is 19.2 Å². The molecule has 1 saturated carbocycles. The van der Waals surface area contributed by atoms with Crippen LogP contribution in [0.5, 0.6) is 5.75 Å². The maximum absolute atomic E-state index is 13.3. The summed E-state index contributed by atoms with van der Waals surface area (Å²) >= 11 is 0. The fourth-order valence-corrected chi connectivity index (χ4v) is 4.89. The molecule has 216 valence electrons. The number of amides is 3. The molecule has 1 aliphatic carbocycles. The van der Waals surface area contributed by atoms with Crippen LogP contribution in [-0.4, -0.2) is 58.8 Å². The SMILES string of the molecule is O=C(COc1ccc(C(=O)N/N=C/c2cccc(CN3C(=O)CC/C=C/CCC(=O)O[C@H]4CCC[C@@H]43)c2)cc1)NO. The summed E-state index contributed by atoms with van der Waals surface area (Å²) in [5.74, 6) is -0.961. The highest BCUT2D eigenvalue weighted by molar-refractivity contribution is 5.95. The van der Waals surface area contributed by atoms with Crippen LogP contribution in [0.3, 0.4) is 0 Å². The lowest BCUT2D eigenvalue weighted by Gasteiger charge is -2.33. The number of ether oxygens (including phenoxy) is 2. The van der Waals surface area contributed by atoms with E-state index in [0.29, 0.717) is 43.5 Å². The highest BCUT2D eigenvalue weighted by atomic mass is 16.5. The number of hydroxylamine groups is 1. The van der Waals surface area contributed by atoms with Crippen LogP contribution in [0.25, 0.3) is 0 Å². The number of hydrogen-bond donors (Lipinski definition) is 3. The summed E-state index contributed by atoms with van der Waals surface area (Å²) in [6.07, 6.45) is 9.53. The second-order valence-corrected chi connectivity index (χ2v) is 9.89. The molecule has 2 atom stereocenters. The van der Waals surface area contributed by atoms with E-state index in [4.69, 9.17) is 14.7 Å². The van der Waals surface area contributed by atoms with Gasteiger partial charge in [0.2, 0.25) is 5.91 Å². The summed E-state index contributed by atoms with van der Waals surface area (Å²) in [5, 5.41) is 12.6. The molecule has 0 aromatic heterocycles. The Morgan fingerprint density at radius 2 is 1.85 bits per heavy atom. The molecule has 11 heteroatoms. The number of hydrogen-bond acceptors (Lipinski definition) is 8. The topological polar surface area (TPSA) is 147 Å². The lowest BCUT2D eigenvalue weighted by molar-refractivity contribution is -0.154. The third-order valence-corrected chi connectivity index (χ3v) is 6.92. The number of carbonyl (C=O) groups excluding carboxylic acids is 4. The average Bonchev–Trinajstić information content (AvgIpc) is 3.43. The summed E-state index contributed by atoms with van der Waals surface area (Å²) in [7, 11) is 0. The molecule has 4 rings (SSSR count). The van der Waals surface area contributed by atoms with Crippen LogP contribution in [0.1, 0.15) is 66.4 Å². The Morgan fingerprint density at radius 3 is 2.63 bits per heavy atom. The summed E-state index contributed by atoms with van der Waals surface area (Å²) in [4.78, 5) is 51.0. The quantitative estimate of drug-likeness (QED) is 0.147. The van der Waals surface area contributed by atoms with Crippen LogP contribution in [0.15, 0.2) is 65.8 Å². The fraction of sp³-hybridized carbons (Fsp3) is 0.367. The molecular weight excluding hydrogens is 528 g/mol. The average molecular weight is 563 g/mol. The Bertz CT molecular complexity index is 1290. The number of carbonyl (C=O) groups is 4. The molecule has 2 aromatic rings. The van der Waals surface area contributed by atoms with Crippen molar-refractivity contribution >= 4 is 29.9 Å². The molecule has 11 nitrogen and oxygen atoms in total. The van der Waals surface area contributed by atoms with E-state index in [0.717, 1.165) is 30.4 Å². The molecule has 0 bridgehead atoms. The van der Waals surface area contributed by atoms with Gasteiger partial charge in [-0.2, -0.15) is 5.10 Å². The van der Waals surface area contributed by atoms with Crippen molar-refractivity contribution in [2.24, 2.45) is 5.10 Å². The molecule has 3 N–H and O–H groups in total. The zero-order chi connectivity index (χ0) is 29.0. The molecule has 2 aromatic carbocycles. The van der Waals surface area contributed by atoms with Gasteiger partial charge in [0.05, 0.1) is 12.3 Å². The van der Waals surface area contributed by atoms with E-state index in [1.807, 2.05) is 41.3 Å². The van der Waals surface area contributed by atoms with Crippen molar-refractivity contribution in [1.82, 2.24) is 15.8 Å². The number of benzene rings is 2. The number of rotatable bonds is 8. The van der Waals surface area contributed by atoms with Gasteiger partial charge in [-0.1, -0.05) is 30.4 Å². The van der Waals surface area contributed by atoms with E-state index in [2.05, 4.69) is 10.5 Å². The molecule has 3 amide bonds. The summed E-state index contributed by atoms with van der Waals surface area (Å²) in [6, 6.07) is 13.5. The number of hydrazone groups is 1. The van der Waals surface area contributed by atoms with Crippen LogP contribution in [0.2, 0.25) is 0 Å². The highest BCUT2D eigenvalue weighted by Gasteiger charge is 2.37. The predicted octanol–water partition coefficient (Wildman–Crippen LogP) is 3.26. The fourth-order valence-electron chi connectivity index (χ4n) is 4.89. The van der Waals surface area contributed by atoms with Gasteiger partial charge in [-0.15, -0.1) is 0 Å². The predicted molar refractivity (Wildman–Crippen MR) is 149 cm³/mol. The van der Waals surface area contributed by atoms with E-state index >= 15 is 0 Å². The van der Waals surface area contributed by atoms with Gasteiger partial charge in [-0.25, -0.2) is 10.9 Å². The van der Waals surface area contributed by atoms with Gasteiger partial charge >= 0.3 is 5.97 Å².